The third kappa shape index (κ3) is 2.50. The molecule has 0 fully saturated rings. The van der Waals surface area contributed by atoms with Crippen molar-refractivity contribution in [2.45, 2.75) is 0 Å². The second-order valence-corrected chi connectivity index (χ2v) is 6.43. The van der Waals surface area contributed by atoms with Crippen LogP contribution in [0.5, 0.6) is 5.75 Å². The summed E-state index contributed by atoms with van der Waals surface area (Å²) in [5.74, 6) is 0.225. The Kier molecular flexibility index (Phi) is 3.09. The largest absolute Gasteiger partial charge is 0.506 e. The Hall–Kier alpha value is -3.60. The Bertz CT molecular complexity index is 1260. The van der Waals surface area contributed by atoms with E-state index in [0.29, 0.717) is 5.52 Å². The highest BCUT2D eigenvalue weighted by atomic mass is 16.3. The van der Waals surface area contributed by atoms with Gasteiger partial charge in [-0.05, 0) is 60.7 Å². The molecule has 2 N–H and O–H groups in total. The maximum absolute atomic E-state index is 10.3. The van der Waals surface area contributed by atoms with Gasteiger partial charge in [0, 0.05) is 29.7 Å². The van der Waals surface area contributed by atoms with Crippen molar-refractivity contribution < 1.29 is 5.11 Å². The summed E-state index contributed by atoms with van der Waals surface area (Å²) in [5.41, 5.74) is 6.97. The molecule has 0 atom stereocenters. The van der Waals surface area contributed by atoms with E-state index < -0.39 is 0 Å². The van der Waals surface area contributed by atoms with Crippen molar-refractivity contribution in [3.63, 3.8) is 0 Å². The molecule has 5 nitrogen and oxygen atoms in total. The fourth-order valence-corrected chi connectivity index (χ4v) is 3.25. The highest BCUT2D eigenvalue weighted by molar-refractivity contribution is 5.79. The fraction of sp³-hybridized carbons (Fsp3) is 0.0476. The van der Waals surface area contributed by atoms with E-state index in [0.717, 1.165) is 39.3 Å². The highest BCUT2D eigenvalue weighted by Crippen LogP contribution is 2.25. The van der Waals surface area contributed by atoms with Gasteiger partial charge in [-0.3, -0.25) is 0 Å². The quantitative estimate of drug-likeness (QED) is 0.440. The van der Waals surface area contributed by atoms with Crippen molar-refractivity contribution in [2.75, 3.05) is 0 Å². The van der Waals surface area contributed by atoms with E-state index in [2.05, 4.69) is 15.0 Å². The third-order valence-electron chi connectivity index (χ3n) is 4.58. The molecule has 0 aliphatic carbocycles. The minimum Gasteiger partial charge on any atom is -0.506 e. The molecule has 3 aromatic rings. The van der Waals surface area contributed by atoms with Crippen LogP contribution in [0.4, 0.5) is 0 Å². The summed E-state index contributed by atoms with van der Waals surface area (Å²) < 4.78 is 1.94. The monoisotopic (exact) mass is 340 g/mol. The number of rotatable bonds is 0. The van der Waals surface area contributed by atoms with Gasteiger partial charge >= 0.3 is 0 Å². The Morgan fingerprint density at radius 3 is 1.92 bits per heavy atom. The first-order chi connectivity index (χ1) is 12.6. The van der Waals surface area contributed by atoms with Gasteiger partial charge in [0.15, 0.2) is 0 Å². The van der Waals surface area contributed by atoms with Crippen LogP contribution in [0, 0.1) is 0 Å². The predicted molar refractivity (Wildman–Crippen MR) is 105 cm³/mol. The standard InChI is InChI=1S/C21H16N4O/c1-25-19-10-17-6-4-15(23-17)8-13-2-3-14(22-13)9-16-5-7-18(24-16)11-20(25)21(26)12-19/h2-12,22,26H,1H3. The van der Waals surface area contributed by atoms with Gasteiger partial charge < -0.3 is 14.7 Å². The molecule has 5 rings (SSSR count). The fourth-order valence-electron chi connectivity index (χ4n) is 3.25. The summed E-state index contributed by atoms with van der Waals surface area (Å²) in [4.78, 5) is 12.6. The molecule has 126 valence electrons. The number of aryl methyl sites for hydroxylation is 1. The van der Waals surface area contributed by atoms with Crippen LogP contribution in [-0.2, 0) is 7.05 Å². The van der Waals surface area contributed by atoms with Gasteiger partial charge in [0.1, 0.15) is 5.75 Å². The molecule has 0 saturated carbocycles. The van der Waals surface area contributed by atoms with E-state index in [1.807, 2.05) is 72.3 Å². The first-order valence-electron chi connectivity index (χ1n) is 8.38. The molecule has 2 aliphatic heterocycles. The molecular formula is C21H16N4O. The molecule has 5 heterocycles. The SMILES string of the molecule is Cn1c2cc3nc(cc4ccc(cc5nc(cc1c(O)c2)C=C5)[nH]4)C=C3. The van der Waals surface area contributed by atoms with Crippen LogP contribution in [0.25, 0.3) is 46.4 Å². The van der Waals surface area contributed by atoms with E-state index >= 15 is 0 Å². The minimum absolute atomic E-state index is 0.225. The lowest BCUT2D eigenvalue weighted by Crippen LogP contribution is -1.86. The first-order valence-corrected chi connectivity index (χ1v) is 8.38. The van der Waals surface area contributed by atoms with Crippen LogP contribution in [0.3, 0.4) is 0 Å². The van der Waals surface area contributed by atoms with Crippen LogP contribution in [0.2, 0.25) is 0 Å². The second kappa shape index (κ2) is 5.46. The van der Waals surface area contributed by atoms with Crippen molar-refractivity contribution >= 4 is 46.4 Å². The normalized spacial score (nSPS) is 12.7. The van der Waals surface area contributed by atoms with E-state index in [1.54, 1.807) is 6.07 Å². The van der Waals surface area contributed by atoms with Crippen LogP contribution in [0.15, 0.2) is 42.5 Å². The number of nitrogens with zero attached hydrogens (tertiary/aromatic N) is 3. The van der Waals surface area contributed by atoms with E-state index in [1.165, 1.54) is 0 Å². The molecule has 0 radical (unpaired) electrons. The summed E-state index contributed by atoms with van der Waals surface area (Å²) in [6, 6.07) is 13.6. The predicted octanol–water partition coefficient (Wildman–Crippen LogP) is 4.37. The Morgan fingerprint density at radius 1 is 0.769 bits per heavy atom. The number of fused-ring (bicyclic) bond motifs is 8. The highest BCUT2D eigenvalue weighted by Gasteiger charge is 2.06. The molecule has 0 amide bonds. The average molecular weight is 340 g/mol. The van der Waals surface area contributed by atoms with E-state index in [9.17, 15) is 5.11 Å². The van der Waals surface area contributed by atoms with Gasteiger partial charge in [-0.2, -0.15) is 0 Å². The van der Waals surface area contributed by atoms with Crippen molar-refractivity contribution in [2.24, 2.45) is 7.05 Å². The van der Waals surface area contributed by atoms with Crippen molar-refractivity contribution in [3.05, 3.63) is 65.2 Å². The molecule has 2 aliphatic rings. The molecule has 0 saturated heterocycles. The van der Waals surface area contributed by atoms with Gasteiger partial charge in [0.2, 0.25) is 0 Å². The molecule has 0 aromatic carbocycles. The lowest BCUT2D eigenvalue weighted by atomic mass is 10.3. The smallest absolute Gasteiger partial charge is 0.141 e. The van der Waals surface area contributed by atoms with Gasteiger partial charge in [-0.1, -0.05) is 0 Å². The van der Waals surface area contributed by atoms with Gasteiger partial charge in [0.25, 0.3) is 0 Å². The zero-order valence-electron chi connectivity index (χ0n) is 14.1. The lowest BCUT2D eigenvalue weighted by molar-refractivity contribution is 0.481. The summed E-state index contributed by atoms with van der Waals surface area (Å²) in [6.45, 7) is 0. The summed E-state index contributed by atoms with van der Waals surface area (Å²) in [6.07, 6.45) is 7.86. The number of hydrogen-bond donors (Lipinski definition) is 2. The van der Waals surface area contributed by atoms with E-state index in [-0.39, 0.29) is 5.75 Å². The number of nitrogens with one attached hydrogen (secondary N) is 1. The van der Waals surface area contributed by atoms with Crippen LogP contribution in [0.1, 0.15) is 22.8 Å². The van der Waals surface area contributed by atoms with Gasteiger partial charge in [-0.25, -0.2) is 9.97 Å². The van der Waals surface area contributed by atoms with E-state index in [4.69, 9.17) is 0 Å². The molecule has 0 spiro atoms. The maximum Gasteiger partial charge on any atom is 0.141 e. The number of hydrogen-bond acceptors (Lipinski definition) is 3. The average Bonchev–Trinajstić information content (AvgIpc) is 3.37. The van der Waals surface area contributed by atoms with Gasteiger partial charge in [0.05, 0.1) is 28.3 Å². The van der Waals surface area contributed by atoms with Crippen molar-refractivity contribution in [1.82, 2.24) is 19.5 Å². The third-order valence-corrected chi connectivity index (χ3v) is 4.58. The summed E-state index contributed by atoms with van der Waals surface area (Å²) >= 11 is 0. The Morgan fingerprint density at radius 2 is 1.31 bits per heavy atom. The maximum atomic E-state index is 10.3. The zero-order chi connectivity index (χ0) is 17.7. The van der Waals surface area contributed by atoms with Crippen molar-refractivity contribution in [1.29, 1.82) is 0 Å². The molecule has 8 bridgehead atoms. The molecule has 26 heavy (non-hydrogen) atoms. The van der Waals surface area contributed by atoms with Crippen LogP contribution in [-0.4, -0.2) is 24.6 Å². The number of aromatic amines is 1. The molecular weight excluding hydrogens is 324 g/mol. The molecule has 0 unspecified atom stereocenters. The Labute approximate surface area is 149 Å². The molecule has 3 aromatic heterocycles. The minimum atomic E-state index is 0.225. The summed E-state index contributed by atoms with van der Waals surface area (Å²) in [7, 11) is 1.92. The number of H-pyrrole nitrogens is 1. The number of aromatic nitrogens is 4. The second-order valence-electron chi connectivity index (χ2n) is 6.43. The van der Waals surface area contributed by atoms with Gasteiger partial charge in [-0.15, -0.1) is 0 Å². The number of aromatic hydroxyl groups is 1. The molecule has 5 heteroatoms. The zero-order valence-corrected chi connectivity index (χ0v) is 14.1. The first kappa shape index (κ1) is 14.7. The Balaban J connectivity index is 1.90. The summed E-state index contributed by atoms with van der Waals surface area (Å²) in [5, 5.41) is 10.3. The van der Waals surface area contributed by atoms with Crippen LogP contribution < -0.4 is 0 Å². The topological polar surface area (TPSA) is 66.7 Å². The lowest BCUT2D eigenvalue weighted by Gasteiger charge is -1.95. The van der Waals surface area contributed by atoms with Crippen LogP contribution >= 0.6 is 0 Å². The van der Waals surface area contributed by atoms with Crippen molar-refractivity contribution in [3.8, 4) is 5.75 Å².